The maximum atomic E-state index is 12.0. The monoisotopic (exact) mass is 292 g/mol. The molecule has 5 heteroatoms. The highest BCUT2D eigenvalue weighted by atomic mass is 16.5. The van der Waals surface area contributed by atoms with Crippen LogP contribution in [0.3, 0.4) is 0 Å². The molecule has 0 heterocycles. The van der Waals surface area contributed by atoms with Crippen molar-refractivity contribution in [3.63, 3.8) is 0 Å². The molecule has 2 atom stereocenters. The molecule has 1 aliphatic rings. The molecule has 0 bridgehead atoms. The van der Waals surface area contributed by atoms with Crippen LogP contribution in [0.25, 0.3) is 0 Å². The Morgan fingerprint density at radius 3 is 2.76 bits per heavy atom. The van der Waals surface area contributed by atoms with E-state index in [4.69, 9.17) is 15.2 Å². The number of anilines is 1. The molecule has 1 saturated carbocycles. The summed E-state index contributed by atoms with van der Waals surface area (Å²) in [4.78, 5) is 12.0. The number of rotatable bonds is 6. The van der Waals surface area contributed by atoms with Crippen LogP contribution in [-0.2, 0) is 9.53 Å². The molecule has 0 aromatic heterocycles. The third kappa shape index (κ3) is 3.47. The van der Waals surface area contributed by atoms with E-state index < -0.39 is 0 Å². The SMILES string of the molecule is CCOC1CC(NC(=O)COc2ccccc2N)C1(C)C. The Morgan fingerprint density at radius 2 is 2.14 bits per heavy atom. The van der Waals surface area contributed by atoms with Crippen molar-refractivity contribution in [3.8, 4) is 5.75 Å². The number of carbonyl (C=O) groups is 1. The number of hydrogen-bond donors (Lipinski definition) is 2. The topological polar surface area (TPSA) is 73.6 Å². The number of ether oxygens (including phenoxy) is 2. The smallest absolute Gasteiger partial charge is 0.258 e. The molecule has 21 heavy (non-hydrogen) atoms. The van der Waals surface area contributed by atoms with Gasteiger partial charge in [-0.15, -0.1) is 0 Å². The highest BCUT2D eigenvalue weighted by molar-refractivity contribution is 5.78. The molecule has 2 unspecified atom stereocenters. The van der Waals surface area contributed by atoms with Crippen molar-refractivity contribution in [3.05, 3.63) is 24.3 Å². The number of nitrogens with one attached hydrogen (secondary N) is 1. The molecule has 0 radical (unpaired) electrons. The second kappa shape index (κ2) is 6.35. The van der Waals surface area contributed by atoms with Crippen molar-refractivity contribution < 1.29 is 14.3 Å². The third-order valence-electron chi connectivity index (χ3n) is 4.16. The summed E-state index contributed by atoms with van der Waals surface area (Å²) in [7, 11) is 0. The molecule has 1 fully saturated rings. The number of nitrogens with two attached hydrogens (primary N) is 1. The lowest BCUT2D eigenvalue weighted by molar-refractivity contribution is -0.138. The molecule has 1 aliphatic carbocycles. The maximum absolute atomic E-state index is 12.0. The summed E-state index contributed by atoms with van der Waals surface area (Å²) in [6.45, 7) is 6.88. The Labute approximate surface area is 125 Å². The summed E-state index contributed by atoms with van der Waals surface area (Å²) in [5.74, 6) is 0.402. The fourth-order valence-corrected chi connectivity index (χ4v) is 2.61. The van der Waals surface area contributed by atoms with Gasteiger partial charge in [0, 0.05) is 18.1 Å². The average Bonchev–Trinajstić information content (AvgIpc) is 2.45. The first kappa shape index (κ1) is 15.6. The zero-order valence-electron chi connectivity index (χ0n) is 12.9. The highest BCUT2D eigenvalue weighted by Crippen LogP contribution is 2.42. The summed E-state index contributed by atoms with van der Waals surface area (Å²) >= 11 is 0. The summed E-state index contributed by atoms with van der Waals surface area (Å²) in [6, 6.07) is 7.27. The van der Waals surface area contributed by atoms with E-state index in [0.29, 0.717) is 18.0 Å². The Hall–Kier alpha value is -1.75. The second-order valence-corrected chi connectivity index (χ2v) is 5.95. The van der Waals surface area contributed by atoms with Crippen LogP contribution < -0.4 is 15.8 Å². The highest BCUT2D eigenvalue weighted by Gasteiger charge is 2.49. The second-order valence-electron chi connectivity index (χ2n) is 5.95. The lowest BCUT2D eigenvalue weighted by Crippen LogP contribution is -2.62. The minimum Gasteiger partial charge on any atom is -0.482 e. The molecule has 0 aliphatic heterocycles. The van der Waals surface area contributed by atoms with Crippen molar-refractivity contribution in [2.75, 3.05) is 18.9 Å². The lowest BCUT2D eigenvalue weighted by atomic mass is 9.64. The van der Waals surface area contributed by atoms with E-state index in [2.05, 4.69) is 19.2 Å². The lowest BCUT2D eigenvalue weighted by Gasteiger charge is -2.51. The summed E-state index contributed by atoms with van der Waals surface area (Å²) in [5, 5.41) is 3.00. The first-order valence-corrected chi connectivity index (χ1v) is 7.33. The zero-order valence-corrected chi connectivity index (χ0v) is 12.9. The predicted octanol–water partition coefficient (Wildman–Crippen LogP) is 1.97. The van der Waals surface area contributed by atoms with Gasteiger partial charge in [-0.25, -0.2) is 0 Å². The van der Waals surface area contributed by atoms with Gasteiger partial charge in [-0.05, 0) is 25.5 Å². The molecule has 1 aromatic carbocycles. The van der Waals surface area contributed by atoms with Crippen LogP contribution in [0.4, 0.5) is 5.69 Å². The minimum atomic E-state index is -0.133. The summed E-state index contributed by atoms with van der Waals surface area (Å²) < 4.78 is 11.1. The van der Waals surface area contributed by atoms with Gasteiger partial charge in [-0.2, -0.15) is 0 Å². The summed E-state index contributed by atoms with van der Waals surface area (Å²) in [5.41, 5.74) is 6.26. The number of nitrogen functional groups attached to an aromatic ring is 1. The van der Waals surface area contributed by atoms with Crippen LogP contribution in [0.5, 0.6) is 5.75 Å². The van der Waals surface area contributed by atoms with Crippen LogP contribution in [0.15, 0.2) is 24.3 Å². The van der Waals surface area contributed by atoms with Crippen molar-refractivity contribution in [1.82, 2.24) is 5.32 Å². The quantitative estimate of drug-likeness (QED) is 0.786. The van der Waals surface area contributed by atoms with E-state index in [1.165, 1.54) is 0 Å². The fraction of sp³-hybridized carbons (Fsp3) is 0.562. The number of benzene rings is 1. The first-order valence-electron chi connectivity index (χ1n) is 7.33. The van der Waals surface area contributed by atoms with Gasteiger partial charge in [-0.3, -0.25) is 4.79 Å². The van der Waals surface area contributed by atoms with Gasteiger partial charge in [0.1, 0.15) is 5.75 Å². The van der Waals surface area contributed by atoms with Crippen LogP contribution in [0.2, 0.25) is 0 Å². The van der Waals surface area contributed by atoms with Crippen molar-refractivity contribution in [2.45, 2.75) is 39.3 Å². The van der Waals surface area contributed by atoms with E-state index in [1.807, 2.05) is 19.1 Å². The van der Waals surface area contributed by atoms with Gasteiger partial charge < -0.3 is 20.5 Å². The Kier molecular flexibility index (Phi) is 4.73. The van der Waals surface area contributed by atoms with Crippen LogP contribution in [-0.4, -0.2) is 31.3 Å². The predicted molar refractivity (Wildman–Crippen MR) is 82.1 cm³/mol. The first-order chi connectivity index (χ1) is 9.95. The molecular weight excluding hydrogens is 268 g/mol. The van der Waals surface area contributed by atoms with Crippen LogP contribution in [0, 0.1) is 5.41 Å². The normalized spacial score (nSPS) is 23.2. The van der Waals surface area contributed by atoms with Gasteiger partial charge in [0.05, 0.1) is 11.8 Å². The van der Waals surface area contributed by atoms with E-state index in [0.717, 1.165) is 6.42 Å². The van der Waals surface area contributed by atoms with E-state index in [-0.39, 0.29) is 30.1 Å². The fourth-order valence-electron chi connectivity index (χ4n) is 2.61. The van der Waals surface area contributed by atoms with Gasteiger partial charge in [0.2, 0.25) is 0 Å². The Bertz CT molecular complexity index is 502. The van der Waals surface area contributed by atoms with E-state index in [1.54, 1.807) is 12.1 Å². The molecule has 2 rings (SSSR count). The molecule has 0 spiro atoms. The third-order valence-corrected chi connectivity index (χ3v) is 4.16. The van der Waals surface area contributed by atoms with Crippen LogP contribution >= 0.6 is 0 Å². The van der Waals surface area contributed by atoms with Gasteiger partial charge >= 0.3 is 0 Å². The number of hydrogen-bond acceptors (Lipinski definition) is 4. The number of carbonyl (C=O) groups excluding carboxylic acids is 1. The molecule has 5 nitrogen and oxygen atoms in total. The van der Waals surface area contributed by atoms with Crippen molar-refractivity contribution in [2.24, 2.45) is 5.41 Å². The number of para-hydroxylation sites is 2. The van der Waals surface area contributed by atoms with E-state index >= 15 is 0 Å². The maximum Gasteiger partial charge on any atom is 0.258 e. The largest absolute Gasteiger partial charge is 0.482 e. The zero-order chi connectivity index (χ0) is 15.5. The molecule has 1 amide bonds. The van der Waals surface area contributed by atoms with Crippen molar-refractivity contribution in [1.29, 1.82) is 0 Å². The molecular formula is C16H24N2O3. The summed E-state index contributed by atoms with van der Waals surface area (Å²) in [6.07, 6.45) is 1.05. The molecule has 3 N–H and O–H groups in total. The van der Waals surface area contributed by atoms with Gasteiger partial charge in [-0.1, -0.05) is 26.0 Å². The van der Waals surface area contributed by atoms with Gasteiger partial charge in [0.25, 0.3) is 5.91 Å². The standard InChI is InChI=1S/C16H24N2O3/c1-4-20-14-9-13(16(14,2)3)18-15(19)10-21-12-8-6-5-7-11(12)17/h5-8,13-14H,4,9-10,17H2,1-3H3,(H,18,19). The van der Waals surface area contributed by atoms with Gasteiger partial charge in [0.15, 0.2) is 6.61 Å². The Balaban J connectivity index is 1.80. The van der Waals surface area contributed by atoms with Crippen molar-refractivity contribution >= 4 is 11.6 Å². The Morgan fingerprint density at radius 1 is 1.43 bits per heavy atom. The van der Waals surface area contributed by atoms with E-state index in [9.17, 15) is 4.79 Å². The molecule has 0 saturated heterocycles. The van der Waals surface area contributed by atoms with Crippen LogP contribution in [0.1, 0.15) is 27.2 Å². The molecule has 1 aromatic rings. The average molecular weight is 292 g/mol. The minimum absolute atomic E-state index is 0.0277. The molecule has 116 valence electrons. The number of amides is 1.